The number of nitrogens with zero attached hydrogens (tertiary/aromatic N) is 3. The maximum absolute atomic E-state index is 9.05. The molecule has 2 aromatic heterocycles. The second-order valence-corrected chi connectivity index (χ2v) is 5.58. The Morgan fingerprint density at radius 1 is 1.22 bits per heavy atom. The summed E-state index contributed by atoms with van der Waals surface area (Å²) in [6.07, 6.45) is 1.58. The highest BCUT2D eigenvalue weighted by atomic mass is 16.5. The van der Waals surface area contributed by atoms with Gasteiger partial charge in [0.2, 0.25) is 0 Å². The van der Waals surface area contributed by atoms with Crippen molar-refractivity contribution in [2.45, 2.75) is 33.2 Å². The molecule has 0 saturated carbocycles. The van der Waals surface area contributed by atoms with Crippen molar-refractivity contribution in [3.8, 4) is 6.01 Å². The van der Waals surface area contributed by atoms with E-state index in [9.17, 15) is 0 Å². The fraction of sp³-hybridized carbons (Fsp3) is 0.412. The van der Waals surface area contributed by atoms with Gasteiger partial charge in [-0.1, -0.05) is 18.2 Å². The largest absolute Gasteiger partial charge is 0.465 e. The Morgan fingerprint density at radius 3 is 2.78 bits per heavy atom. The molecule has 0 fully saturated rings. The second kappa shape index (κ2) is 6.42. The average molecular weight is 314 g/mol. The number of fused-ring (bicyclic) bond motifs is 3. The number of nitrogens with two attached hydrogens (primary N) is 1. The number of rotatable bonds is 6. The third kappa shape index (κ3) is 2.70. The van der Waals surface area contributed by atoms with Crippen LogP contribution in [0, 0.1) is 6.92 Å². The number of aromatic nitrogens is 3. The summed E-state index contributed by atoms with van der Waals surface area (Å²) in [5.74, 6) is 0.420. The second-order valence-electron chi connectivity index (χ2n) is 5.58. The van der Waals surface area contributed by atoms with Crippen LogP contribution in [0.2, 0.25) is 0 Å². The number of ether oxygens (including phenoxy) is 1. The van der Waals surface area contributed by atoms with Crippen LogP contribution in [-0.2, 0) is 6.54 Å². The van der Waals surface area contributed by atoms with Crippen molar-refractivity contribution in [1.82, 2.24) is 14.5 Å². The fourth-order valence-corrected chi connectivity index (χ4v) is 2.88. The van der Waals surface area contributed by atoms with Gasteiger partial charge in [-0.25, -0.2) is 4.98 Å². The molecule has 0 saturated heterocycles. The van der Waals surface area contributed by atoms with E-state index in [0.29, 0.717) is 24.0 Å². The first kappa shape index (κ1) is 15.6. The molecule has 0 amide bonds. The molecular formula is C17H22N4O2. The van der Waals surface area contributed by atoms with Crippen LogP contribution in [0.1, 0.15) is 25.3 Å². The molecule has 0 aliphatic rings. The molecular weight excluding hydrogens is 292 g/mol. The van der Waals surface area contributed by atoms with Gasteiger partial charge >= 0.3 is 0 Å². The highest BCUT2D eigenvalue weighted by Crippen LogP contribution is 2.32. The molecule has 0 atom stereocenters. The molecule has 6 heteroatoms. The number of unbranched alkanes of at least 4 members (excludes halogenated alkanes) is 1. The Bertz CT molecular complexity index is 842. The molecule has 0 spiro atoms. The normalized spacial score (nSPS) is 11.4. The van der Waals surface area contributed by atoms with Crippen LogP contribution in [0.4, 0.5) is 5.82 Å². The third-order valence-electron chi connectivity index (χ3n) is 3.96. The number of pyridine rings is 1. The Balaban J connectivity index is 2.29. The Morgan fingerprint density at radius 2 is 2.04 bits per heavy atom. The molecule has 0 aliphatic carbocycles. The molecule has 0 unspecified atom stereocenters. The smallest absolute Gasteiger partial charge is 0.297 e. The van der Waals surface area contributed by atoms with E-state index in [1.54, 1.807) is 0 Å². The van der Waals surface area contributed by atoms with Crippen LogP contribution < -0.4 is 10.5 Å². The molecule has 3 N–H and O–H groups in total. The first-order chi connectivity index (χ1) is 11.2. The Hall–Kier alpha value is -2.34. The van der Waals surface area contributed by atoms with Gasteiger partial charge in [0.1, 0.15) is 5.52 Å². The minimum Gasteiger partial charge on any atom is -0.465 e. The Kier molecular flexibility index (Phi) is 4.34. The van der Waals surface area contributed by atoms with Gasteiger partial charge in [0, 0.05) is 18.5 Å². The van der Waals surface area contributed by atoms with Gasteiger partial charge in [0.15, 0.2) is 5.82 Å². The van der Waals surface area contributed by atoms with Gasteiger partial charge in [-0.15, -0.1) is 0 Å². The van der Waals surface area contributed by atoms with Crippen LogP contribution in [0.3, 0.4) is 0 Å². The molecule has 1 aromatic carbocycles. The van der Waals surface area contributed by atoms with Gasteiger partial charge in [-0.3, -0.25) is 4.57 Å². The maximum atomic E-state index is 9.05. The van der Waals surface area contributed by atoms with Gasteiger partial charge in [0.05, 0.1) is 17.6 Å². The topological polar surface area (TPSA) is 86.2 Å². The summed E-state index contributed by atoms with van der Waals surface area (Å²) in [6, 6.07) is 6.64. The van der Waals surface area contributed by atoms with Crippen LogP contribution in [0.15, 0.2) is 18.2 Å². The Labute approximate surface area is 134 Å². The molecule has 6 nitrogen and oxygen atoms in total. The van der Waals surface area contributed by atoms with Crippen LogP contribution >= 0.6 is 0 Å². The van der Waals surface area contributed by atoms with Gasteiger partial charge < -0.3 is 15.6 Å². The van der Waals surface area contributed by atoms with Gasteiger partial charge in [-0.2, -0.15) is 4.98 Å². The van der Waals surface area contributed by atoms with Crippen molar-refractivity contribution >= 4 is 27.8 Å². The molecule has 122 valence electrons. The summed E-state index contributed by atoms with van der Waals surface area (Å²) in [5, 5.41) is 10.1. The monoisotopic (exact) mass is 314 g/mol. The van der Waals surface area contributed by atoms with Crippen molar-refractivity contribution in [2.24, 2.45) is 0 Å². The molecule has 2 heterocycles. The van der Waals surface area contributed by atoms with Crippen LogP contribution in [0.5, 0.6) is 6.01 Å². The lowest BCUT2D eigenvalue weighted by Crippen LogP contribution is -2.05. The van der Waals surface area contributed by atoms with E-state index >= 15 is 0 Å². The third-order valence-corrected chi connectivity index (χ3v) is 3.96. The quantitative estimate of drug-likeness (QED) is 0.683. The minimum absolute atomic E-state index is 0.181. The lowest BCUT2D eigenvalue weighted by molar-refractivity contribution is 0.273. The number of hydrogen-bond acceptors (Lipinski definition) is 5. The first-order valence-corrected chi connectivity index (χ1v) is 7.96. The van der Waals surface area contributed by atoms with Crippen molar-refractivity contribution < 1.29 is 9.84 Å². The number of nitrogen functional groups attached to an aromatic ring is 1. The summed E-state index contributed by atoms with van der Waals surface area (Å²) >= 11 is 0. The summed E-state index contributed by atoms with van der Waals surface area (Å²) < 4.78 is 7.74. The molecule has 3 aromatic rings. The highest BCUT2D eigenvalue weighted by molar-refractivity contribution is 6.07. The number of aliphatic hydroxyl groups is 1. The van der Waals surface area contributed by atoms with Gasteiger partial charge in [0.25, 0.3) is 6.01 Å². The van der Waals surface area contributed by atoms with E-state index in [-0.39, 0.29) is 6.61 Å². The number of hydrogen-bond donors (Lipinski definition) is 2. The van der Waals surface area contributed by atoms with E-state index < -0.39 is 0 Å². The van der Waals surface area contributed by atoms with Crippen molar-refractivity contribution in [3.63, 3.8) is 0 Å². The zero-order valence-electron chi connectivity index (χ0n) is 13.5. The van der Waals surface area contributed by atoms with Crippen molar-refractivity contribution in [1.29, 1.82) is 0 Å². The molecule has 23 heavy (non-hydrogen) atoms. The standard InChI is InChI=1S/C17H22N4O2/c1-3-23-17-20-14-15(21(17)9-4-5-10-22)12-8-6-7-11(2)13(12)19-16(14)18/h6-8,22H,3-5,9-10H2,1-2H3,(H2,18,19). The number of aliphatic hydroxyl groups excluding tert-OH is 1. The SMILES string of the molecule is CCOc1nc2c(N)nc3c(C)cccc3c2n1CCCCO. The highest BCUT2D eigenvalue weighted by Gasteiger charge is 2.18. The van der Waals surface area contributed by atoms with E-state index in [4.69, 9.17) is 15.6 Å². The number of anilines is 1. The predicted octanol–water partition coefficient (Wildman–Crippen LogP) is 2.65. The van der Waals surface area contributed by atoms with E-state index in [1.165, 1.54) is 0 Å². The van der Waals surface area contributed by atoms with Crippen LogP contribution in [-0.4, -0.2) is 32.9 Å². The van der Waals surface area contributed by atoms with Gasteiger partial charge in [-0.05, 0) is 32.3 Å². The van der Waals surface area contributed by atoms with Crippen LogP contribution in [0.25, 0.3) is 21.9 Å². The number of imidazole rings is 1. The van der Waals surface area contributed by atoms with E-state index in [0.717, 1.165) is 41.4 Å². The molecule has 0 radical (unpaired) electrons. The average Bonchev–Trinajstić information content (AvgIpc) is 2.89. The fourth-order valence-electron chi connectivity index (χ4n) is 2.88. The summed E-state index contributed by atoms with van der Waals surface area (Å²) in [5.41, 5.74) is 9.75. The zero-order valence-corrected chi connectivity index (χ0v) is 13.5. The number of aryl methyl sites for hydroxylation is 2. The number of para-hydroxylation sites is 1. The minimum atomic E-state index is 0.181. The predicted molar refractivity (Wildman–Crippen MR) is 91.7 cm³/mol. The molecule has 3 rings (SSSR count). The summed E-state index contributed by atoms with van der Waals surface area (Å²) in [7, 11) is 0. The maximum Gasteiger partial charge on any atom is 0.297 e. The van der Waals surface area contributed by atoms with Crippen molar-refractivity contribution in [3.05, 3.63) is 23.8 Å². The zero-order chi connectivity index (χ0) is 16.4. The molecule has 0 bridgehead atoms. The lowest BCUT2D eigenvalue weighted by Gasteiger charge is -2.10. The first-order valence-electron chi connectivity index (χ1n) is 7.96. The lowest BCUT2D eigenvalue weighted by atomic mass is 10.1. The number of benzene rings is 1. The summed E-state index contributed by atoms with van der Waals surface area (Å²) in [4.78, 5) is 9.07. The van der Waals surface area contributed by atoms with E-state index in [2.05, 4.69) is 9.97 Å². The van der Waals surface area contributed by atoms with Crippen molar-refractivity contribution in [2.75, 3.05) is 18.9 Å². The van der Waals surface area contributed by atoms with E-state index in [1.807, 2.05) is 36.6 Å². The summed E-state index contributed by atoms with van der Waals surface area (Å²) in [6.45, 7) is 5.39. The molecule has 0 aliphatic heterocycles.